The Morgan fingerprint density at radius 1 is 1.28 bits per heavy atom. The molecule has 1 amide bonds. The number of rotatable bonds is 4. The summed E-state index contributed by atoms with van der Waals surface area (Å²) >= 11 is 0. The van der Waals surface area contributed by atoms with Gasteiger partial charge in [-0.15, -0.1) is 0 Å². The van der Waals surface area contributed by atoms with E-state index in [1.807, 2.05) is 30.3 Å². The summed E-state index contributed by atoms with van der Waals surface area (Å²) in [6.45, 7) is 1.73. The summed E-state index contributed by atoms with van der Waals surface area (Å²) in [6, 6.07) is 9.84. The van der Waals surface area contributed by atoms with Gasteiger partial charge in [-0.3, -0.25) is 9.89 Å². The Kier molecular flexibility index (Phi) is 4.09. The fourth-order valence-electron chi connectivity index (χ4n) is 3.25. The van der Waals surface area contributed by atoms with E-state index in [-0.39, 0.29) is 0 Å². The Morgan fingerprint density at radius 2 is 2.20 bits per heavy atom. The number of fused-ring (bicyclic) bond motifs is 2. The zero-order chi connectivity index (χ0) is 17.2. The van der Waals surface area contributed by atoms with Gasteiger partial charge >= 0.3 is 6.09 Å². The van der Waals surface area contributed by atoms with E-state index in [9.17, 15) is 9.90 Å². The van der Waals surface area contributed by atoms with Crippen LogP contribution in [0.3, 0.4) is 0 Å². The van der Waals surface area contributed by atoms with Gasteiger partial charge in [-0.05, 0) is 42.7 Å². The fourth-order valence-corrected chi connectivity index (χ4v) is 3.25. The predicted octanol–water partition coefficient (Wildman–Crippen LogP) is 1.55. The molecule has 0 unspecified atom stereocenters. The average molecular weight is 337 g/mol. The van der Waals surface area contributed by atoms with E-state index in [4.69, 9.17) is 4.74 Å². The van der Waals surface area contributed by atoms with Crippen molar-refractivity contribution < 1.29 is 14.6 Å². The molecule has 0 aliphatic carbocycles. The second kappa shape index (κ2) is 6.55. The number of pyridine rings is 1. The molecule has 1 N–H and O–H groups in total. The first-order valence-electron chi connectivity index (χ1n) is 8.47. The molecule has 2 aromatic rings. The van der Waals surface area contributed by atoms with Crippen LogP contribution >= 0.6 is 0 Å². The van der Waals surface area contributed by atoms with Crippen molar-refractivity contribution in [2.75, 3.05) is 24.6 Å². The van der Waals surface area contributed by atoms with Crippen LogP contribution in [0.1, 0.15) is 17.7 Å². The minimum Gasteiger partial charge on any atom is -0.493 e. The summed E-state index contributed by atoms with van der Waals surface area (Å²) in [7, 11) is 0. The smallest absolute Gasteiger partial charge is 0.413 e. The molecule has 6 heteroatoms. The Bertz CT molecular complexity index is 939. The van der Waals surface area contributed by atoms with Crippen LogP contribution in [0, 0.1) is 0 Å². The minimum absolute atomic E-state index is 0.495. The molecule has 4 rings (SSSR count). The van der Waals surface area contributed by atoms with Gasteiger partial charge in [-0.1, -0.05) is 12.1 Å². The summed E-state index contributed by atoms with van der Waals surface area (Å²) in [5, 5.41) is 11.5. The van der Waals surface area contributed by atoms with E-state index in [0.29, 0.717) is 25.4 Å². The molecule has 128 valence electrons. The van der Waals surface area contributed by atoms with Gasteiger partial charge in [-0.25, -0.2) is 9.78 Å². The highest BCUT2D eigenvalue weighted by Gasteiger charge is 2.23. The number of hydrogen-bond acceptors (Lipinski definition) is 4. The number of ether oxygens (including phenoxy) is 1. The molecular weight excluding hydrogens is 318 g/mol. The van der Waals surface area contributed by atoms with Gasteiger partial charge < -0.3 is 9.84 Å². The van der Waals surface area contributed by atoms with E-state index in [1.165, 1.54) is 4.90 Å². The van der Waals surface area contributed by atoms with Gasteiger partial charge in [0.1, 0.15) is 11.6 Å². The Balaban J connectivity index is 1.44. The Labute approximate surface area is 145 Å². The molecule has 6 nitrogen and oxygen atoms in total. The minimum atomic E-state index is -0.943. The molecule has 1 aromatic heterocycles. The van der Waals surface area contributed by atoms with Crippen molar-refractivity contribution in [3.63, 3.8) is 0 Å². The largest absolute Gasteiger partial charge is 0.493 e. The maximum absolute atomic E-state index is 11.4. The van der Waals surface area contributed by atoms with Crippen molar-refractivity contribution in [1.82, 2.24) is 4.98 Å². The summed E-state index contributed by atoms with van der Waals surface area (Å²) in [5.41, 5.74) is 1.84. The first kappa shape index (κ1) is 15.6. The van der Waals surface area contributed by atoms with Crippen LogP contribution in [-0.4, -0.2) is 35.9 Å². The lowest BCUT2D eigenvalue weighted by molar-refractivity contribution is 0.201. The van der Waals surface area contributed by atoms with Gasteiger partial charge in [0.25, 0.3) is 0 Å². The Morgan fingerprint density at radius 3 is 3.08 bits per heavy atom. The van der Waals surface area contributed by atoms with Gasteiger partial charge in [0.2, 0.25) is 0 Å². The van der Waals surface area contributed by atoms with Crippen molar-refractivity contribution in [2.45, 2.75) is 19.3 Å². The van der Waals surface area contributed by atoms with Crippen molar-refractivity contribution in [3.8, 4) is 5.75 Å². The lowest BCUT2D eigenvalue weighted by Gasteiger charge is -2.26. The molecule has 2 aliphatic heterocycles. The normalized spacial score (nSPS) is 15.0. The lowest BCUT2D eigenvalue weighted by Crippen LogP contribution is -2.35. The first-order valence-corrected chi connectivity index (χ1v) is 8.47. The standard InChI is InChI=1S/C19H19N3O3/c23-19(24)22-10-1-2-13-3-4-15(21-18(13)22)8-11-25-16-5-6-17-14(12-16)7-9-20-17/h3-7,12H,1-2,8-11H2,(H,23,24). The molecule has 3 heterocycles. The van der Waals surface area contributed by atoms with Crippen molar-refractivity contribution in [2.24, 2.45) is 4.99 Å². The third kappa shape index (κ3) is 3.20. The van der Waals surface area contributed by atoms with Crippen LogP contribution in [-0.2, 0) is 12.8 Å². The number of carbonyl (C=O) groups is 1. The Hall–Kier alpha value is -2.89. The SMILES string of the molecule is O=C(O)N1CCCc2ccc(CCOc3ccc4c(c3)=CCN=4)nc21. The summed E-state index contributed by atoms with van der Waals surface area (Å²) in [6.07, 6.45) is 3.48. The number of carboxylic acid groups (broad SMARTS) is 1. The van der Waals surface area contributed by atoms with Crippen LogP contribution in [0.25, 0.3) is 6.08 Å². The zero-order valence-corrected chi connectivity index (χ0v) is 13.8. The van der Waals surface area contributed by atoms with E-state index in [2.05, 4.69) is 16.1 Å². The molecule has 0 atom stereocenters. The van der Waals surface area contributed by atoms with E-state index < -0.39 is 6.09 Å². The summed E-state index contributed by atoms with van der Waals surface area (Å²) in [4.78, 5) is 21.6. The number of hydrogen-bond donors (Lipinski definition) is 1. The fraction of sp³-hybridized carbons (Fsp3) is 0.316. The molecular formula is C19H19N3O3. The summed E-state index contributed by atoms with van der Waals surface area (Å²) in [5.74, 6) is 1.39. The highest BCUT2D eigenvalue weighted by atomic mass is 16.5. The predicted molar refractivity (Wildman–Crippen MR) is 93.7 cm³/mol. The molecule has 0 saturated heterocycles. The number of anilines is 1. The molecule has 0 spiro atoms. The maximum Gasteiger partial charge on any atom is 0.413 e. The van der Waals surface area contributed by atoms with Gasteiger partial charge in [-0.2, -0.15) is 0 Å². The average Bonchev–Trinajstić information content (AvgIpc) is 3.09. The van der Waals surface area contributed by atoms with Crippen LogP contribution < -0.4 is 20.2 Å². The first-order chi connectivity index (χ1) is 12.2. The molecule has 25 heavy (non-hydrogen) atoms. The van der Waals surface area contributed by atoms with E-state index in [1.54, 1.807) is 0 Å². The molecule has 0 radical (unpaired) electrons. The second-order valence-electron chi connectivity index (χ2n) is 6.19. The van der Waals surface area contributed by atoms with Crippen molar-refractivity contribution >= 4 is 18.0 Å². The second-order valence-corrected chi connectivity index (χ2v) is 6.19. The quantitative estimate of drug-likeness (QED) is 0.918. The van der Waals surface area contributed by atoms with Gasteiger partial charge in [0.05, 0.1) is 18.5 Å². The monoisotopic (exact) mass is 337 g/mol. The topological polar surface area (TPSA) is 75.0 Å². The van der Waals surface area contributed by atoms with Crippen LogP contribution in [0.4, 0.5) is 10.6 Å². The molecule has 2 aliphatic rings. The number of nitrogens with zero attached hydrogens (tertiary/aromatic N) is 3. The summed E-state index contributed by atoms with van der Waals surface area (Å²) < 4.78 is 5.82. The third-order valence-electron chi connectivity index (χ3n) is 4.53. The molecule has 1 aromatic carbocycles. The van der Waals surface area contributed by atoms with E-state index in [0.717, 1.165) is 47.0 Å². The molecule has 0 fully saturated rings. The van der Waals surface area contributed by atoms with Crippen molar-refractivity contribution in [3.05, 3.63) is 52.2 Å². The third-order valence-corrected chi connectivity index (χ3v) is 4.53. The molecule has 0 saturated carbocycles. The van der Waals surface area contributed by atoms with E-state index >= 15 is 0 Å². The number of amides is 1. The lowest BCUT2D eigenvalue weighted by atomic mass is 10.1. The van der Waals surface area contributed by atoms with Crippen LogP contribution in [0.15, 0.2) is 35.3 Å². The van der Waals surface area contributed by atoms with Crippen molar-refractivity contribution in [1.29, 1.82) is 0 Å². The number of benzene rings is 1. The zero-order valence-electron chi connectivity index (χ0n) is 13.8. The number of aryl methyl sites for hydroxylation is 1. The highest BCUT2D eigenvalue weighted by molar-refractivity contribution is 5.86. The molecule has 0 bridgehead atoms. The van der Waals surface area contributed by atoms with Crippen LogP contribution in [0.5, 0.6) is 5.75 Å². The van der Waals surface area contributed by atoms with Gasteiger partial charge in [0.15, 0.2) is 0 Å². The highest BCUT2D eigenvalue weighted by Crippen LogP contribution is 2.25. The van der Waals surface area contributed by atoms with Crippen LogP contribution in [0.2, 0.25) is 0 Å². The van der Waals surface area contributed by atoms with Gasteiger partial charge in [0, 0.05) is 23.9 Å². The maximum atomic E-state index is 11.4. The number of aromatic nitrogens is 1.